The normalized spacial score (nSPS) is 11.7. The molecule has 22 heavy (non-hydrogen) atoms. The van der Waals surface area contributed by atoms with Crippen molar-refractivity contribution >= 4 is 11.9 Å². The Morgan fingerprint density at radius 3 is 2.00 bits per heavy atom. The molecular weight excluding hydrogens is 286 g/mol. The van der Waals surface area contributed by atoms with Gasteiger partial charge in [0.15, 0.2) is 0 Å². The molecule has 6 heteroatoms. The molecule has 0 aromatic carbocycles. The maximum Gasteiger partial charge on any atom is 0.337 e. The van der Waals surface area contributed by atoms with Gasteiger partial charge in [-0.15, -0.1) is 0 Å². The largest absolute Gasteiger partial charge is 0.456 e. The summed E-state index contributed by atoms with van der Waals surface area (Å²) in [6, 6.07) is 0. The van der Waals surface area contributed by atoms with Crippen molar-refractivity contribution in [1.29, 1.82) is 0 Å². The fourth-order valence-corrected chi connectivity index (χ4v) is 1.30. The van der Waals surface area contributed by atoms with Crippen molar-refractivity contribution in [3.8, 4) is 0 Å². The standard InChI is InChI=1S/C16H28NO5/c1-12(2)14(18)20-11-17(7,8)21-10-9-16(5,6)22-15(19)13(3)4/h1,3,9-11H2,2,4-8H3/q+1. The van der Waals surface area contributed by atoms with Crippen LogP contribution in [0, 0.1) is 0 Å². The van der Waals surface area contributed by atoms with E-state index in [9.17, 15) is 9.59 Å². The summed E-state index contributed by atoms with van der Waals surface area (Å²) >= 11 is 0. The topological polar surface area (TPSA) is 61.8 Å². The van der Waals surface area contributed by atoms with E-state index in [0.29, 0.717) is 24.2 Å². The molecule has 0 atom stereocenters. The summed E-state index contributed by atoms with van der Waals surface area (Å²) < 4.78 is 10.4. The van der Waals surface area contributed by atoms with Gasteiger partial charge in [0.25, 0.3) is 6.73 Å². The number of hydrogen-bond donors (Lipinski definition) is 0. The smallest absolute Gasteiger partial charge is 0.337 e. The highest BCUT2D eigenvalue weighted by Gasteiger charge is 2.26. The van der Waals surface area contributed by atoms with E-state index < -0.39 is 17.5 Å². The predicted molar refractivity (Wildman–Crippen MR) is 83.4 cm³/mol. The Morgan fingerprint density at radius 2 is 1.55 bits per heavy atom. The third-order valence-corrected chi connectivity index (χ3v) is 2.72. The number of nitrogens with zero attached hydrogens (tertiary/aromatic N) is 1. The molecule has 0 aliphatic rings. The second-order valence-electron chi connectivity index (χ2n) is 6.43. The molecule has 0 rings (SSSR count). The van der Waals surface area contributed by atoms with Crippen LogP contribution in [0.25, 0.3) is 0 Å². The average Bonchev–Trinajstić information content (AvgIpc) is 2.34. The third kappa shape index (κ3) is 8.59. The van der Waals surface area contributed by atoms with Crippen molar-refractivity contribution in [2.45, 2.75) is 39.7 Å². The van der Waals surface area contributed by atoms with Crippen molar-refractivity contribution in [3.05, 3.63) is 24.3 Å². The van der Waals surface area contributed by atoms with Gasteiger partial charge in [0.05, 0.1) is 0 Å². The zero-order valence-corrected chi connectivity index (χ0v) is 14.5. The molecule has 0 radical (unpaired) electrons. The third-order valence-electron chi connectivity index (χ3n) is 2.72. The lowest BCUT2D eigenvalue weighted by Gasteiger charge is -2.29. The number of ether oxygens (including phenoxy) is 2. The van der Waals surface area contributed by atoms with Crippen LogP contribution < -0.4 is 0 Å². The van der Waals surface area contributed by atoms with Gasteiger partial charge in [0.2, 0.25) is 0 Å². The maximum atomic E-state index is 11.5. The van der Waals surface area contributed by atoms with Gasteiger partial charge >= 0.3 is 11.9 Å². The first-order chi connectivity index (χ1) is 9.86. The first-order valence-electron chi connectivity index (χ1n) is 7.05. The van der Waals surface area contributed by atoms with Crippen molar-refractivity contribution in [3.63, 3.8) is 0 Å². The summed E-state index contributed by atoms with van der Waals surface area (Å²) in [5, 5.41) is 0. The molecule has 0 spiro atoms. The lowest BCUT2D eigenvalue weighted by molar-refractivity contribution is -1.09. The second-order valence-corrected chi connectivity index (χ2v) is 6.43. The van der Waals surface area contributed by atoms with Gasteiger partial charge in [0.1, 0.15) is 26.3 Å². The minimum atomic E-state index is -0.662. The summed E-state index contributed by atoms with van der Waals surface area (Å²) in [6.07, 6.45) is 0.502. The molecule has 0 amide bonds. The minimum Gasteiger partial charge on any atom is -0.456 e. The molecule has 126 valence electrons. The van der Waals surface area contributed by atoms with Crippen molar-refractivity contribution in [2.24, 2.45) is 0 Å². The zero-order chi connectivity index (χ0) is 17.6. The maximum absolute atomic E-state index is 11.5. The van der Waals surface area contributed by atoms with E-state index in [0.717, 1.165) is 0 Å². The molecule has 0 saturated carbocycles. The second kappa shape index (κ2) is 8.10. The number of hydrogen-bond acceptors (Lipinski definition) is 5. The van der Waals surface area contributed by atoms with Crippen LogP contribution in [-0.4, -0.2) is 49.6 Å². The molecule has 0 bridgehead atoms. The lowest BCUT2D eigenvalue weighted by Crippen LogP contribution is -2.43. The number of esters is 2. The molecule has 0 saturated heterocycles. The molecule has 0 aliphatic heterocycles. The van der Waals surface area contributed by atoms with Gasteiger partial charge in [-0.25, -0.2) is 14.4 Å². The fraction of sp³-hybridized carbons (Fsp3) is 0.625. The van der Waals surface area contributed by atoms with Gasteiger partial charge in [-0.05, 0) is 27.7 Å². The van der Waals surface area contributed by atoms with E-state index in [4.69, 9.17) is 14.3 Å². The Kier molecular flexibility index (Phi) is 7.49. The molecular formula is C16H28NO5+. The Morgan fingerprint density at radius 1 is 1.05 bits per heavy atom. The number of carbonyl (C=O) groups is 2. The van der Waals surface area contributed by atoms with Gasteiger partial charge in [-0.3, -0.25) is 0 Å². The van der Waals surface area contributed by atoms with Crippen LogP contribution in [0.3, 0.4) is 0 Å². The number of carbonyl (C=O) groups excluding carboxylic acids is 2. The van der Waals surface area contributed by atoms with Gasteiger partial charge in [-0.1, -0.05) is 13.2 Å². The number of hydroxylamine groups is 3. The van der Waals surface area contributed by atoms with Crippen LogP contribution >= 0.6 is 0 Å². The number of rotatable bonds is 9. The fourth-order valence-electron chi connectivity index (χ4n) is 1.30. The Hall–Kier alpha value is -1.66. The van der Waals surface area contributed by atoms with Crippen molar-refractivity contribution < 1.29 is 28.5 Å². The average molecular weight is 314 g/mol. The molecule has 0 aromatic heterocycles. The zero-order valence-electron chi connectivity index (χ0n) is 14.5. The van der Waals surface area contributed by atoms with Gasteiger partial charge in [-0.2, -0.15) is 4.65 Å². The van der Waals surface area contributed by atoms with E-state index >= 15 is 0 Å². The first-order valence-corrected chi connectivity index (χ1v) is 7.05. The van der Waals surface area contributed by atoms with Crippen LogP contribution in [0.4, 0.5) is 0 Å². The highest BCUT2D eigenvalue weighted by molar-refractivity contribution is 5.87. The van der Waals surface area contributed by atoms with E-state index in [2.05, 4.69) is 13.2 Å². The SMILES string of the molecule is C=C(C)C(=O)OC[N+](C)(C)OCCC(C)(C)OC(=O)C(=C)C. The van der Waals surface area contributed by atoms with Crippen molar-refractivity contribution in [1.82, 2.24) is 0 Å². The van der Waals surface area contributed by atoms with Crippen molar-refractivity contribution in [2.75, 3.05) is 27.4 Å². The van der Waals surface area contributed by atoms with Crippen LogP contribution in [0.5, 0.6) is 0 Å². The number of quaternary nitrogens is 1. The molecule has 0 unspecified atom stereocenters. The summed E-state index contributed by atoms with van der Waals surface area (Å²) in [5.41, 5.74) is 0.0365. The molecule has 6 nitrogen and oxygen atoms in total. The summed E-state index contributed by atoms with van der Waals surface area (Å²) in [7, 11) is 3.53. The predicted octanol–water partition coefficient (Wildman–Crippen LogP) is 2.36. The molecule has 0 aromatic rings. The van der Waals surface area contributed by atoms with E-state index in [1.165, 1.54) is 0 Å². The van der Waals surface area contributed by atoms with Crippen LogP contribution in [0.2, 0.25) is 0 Å². The quantitative estimate of drug-likeness (QED) is 0.215. The monoisotopic (exact) mass is 314 g/mol. The molecule has 0 fully saturated rings. The Labute approximate surface area is 132 Å². The van der Waals surface area contributed by atoms with Crippen LogP contribution in [0.1, 0.15) is 34.1 Å². The Balaban J connectivity index is 4.25. The first kappa shape index (κ1) is 20.3. The van der Waals surface area contributed by atoms with Gasteiger partial charge < -0.3 is 9.47 Å². The molecule has 0 aliphatic carbocycles. The lowest BCUT2D eigenvalue weighted by atomic mass is 10.1. The highest BCUT2D eigenvalue weighted by Crippen LogP contribution is 2.17. The summed E-state index contributed by atoms with van der Waals surface area (Å²) in [4.78, 5) is 28.5. The Bertz CT molecular complexity index is 451. The van der Waals surface area contributed by atoms with Gasteiger partial charge in [0, 0.05) is 17.6 Å². The van der Waals surface area contributed by atoms with Crippen LogP contribution in [-0.2, 0) is 23.9 Å². The summed E-state index contributed by atoms with van der Waals surface area (Å²) in [6.45, 7) is 14.3. The highest BCUT2D eigenvalue weighted by atomic mass is 16.7. The van der Waals surface area contributed by atoms with E-state index in [1.807, 2.05) is 0 Å². The minimum absolute atomic E-state index is 0.0452. The summed E-state index contributed by atoms with van der Waals surface area (Å²) in [5.74, 6) is -0.875. The molecule has 0 N–H and O–H groups in total. The molecule has 0 heterocycles. The van der Waals surface area contributed by atoms with E-state index in [-0.39, 0.29) is 11.4 Å². The van der Waals surface area contributed by atoms with E-state index in [1.54, 1.807) is 41.8 Å². The van der Waals surface area contributed by atoms with Crippen LogP contribution in [0.15, 0.2) is 24.3 Å².